The van der Waals surface area contributed by atoms with Crippen molar-refractivity contribution in [3.8, 4) is 16.9 Å². The molecule has 5 heterocycles. The fraction of sp³-hybridized carbons (Fsp3) is 0.424. The number of nitrogens with two attached hydrogens (primary N) is 1. The molecule has 2 aromatic heterocycles. The van der Waals surface area contributed by atoms with Crippen molar-refractivity contribution in [3.05, 3.63) is 64.6 Å². The number of nitrogens with zero attached hydrogens (tertiary/aromatic N) is 4. The van der Waals surface area contributed by atoms with E-state index >= 15 is 0 Å². The summed E-state index contributed by atoms with van der Waals surface area (Å²) in [5.41, 5.74) is 8.42. The van der Waals surface area contributed by atoms with Crippen molar-refractivity contribution in [3.63, 3.8) is 0 Å². The van der Waals surface area contributed by atoms with Gasteiger partial charge >= 0.3 is 0 Å². The number of carbonyl (C=O) groups excluding carboxylic acids is 2. The average molecular weight is 634 g/mol. The highest BCUT2D eigenvalue weighted by molar-refractivity contribution is 6.08. The lowest BCUT2D eigenvalue weighted by Gasteiger charge is -2.41. The molecule has 2 amide bonds. The Labute approximate surface area is 265 Å². The SMILES string of the molecule is CC(C)Cc1nc(NC2CCN(C3COC3)CC2)c(C=N)c(-c2ccc3c(c2)OCC(=O)N3Cc2ncc(F)cc2F)c1C(N)=O. The molecule has 13 heteroatoms. The number of benzene rings is 1. The van der Waals surface area contributed by atoms with Gasteiger partial charge in [-0.15, -0.1) is 0 Å². The third kappa shape index (κ3) is 6.29. The van der Waals surface area contributed by atoms with Gasteiger partial charge in [0.25, 0.3) is 11.8 Å². The highest BCUT2D eigenvalue weighted by Crippen LogP contribution is 2.41. The summed E-state index contributed by atoms with van der Waals surface area (Å²) in [6, 6.07) is 6.34. The maximum absolute atomic E-state index is 14.4. The largest absolute Gasteiger partial charge is 0.482 e. The van der Waals surface area contributed by atoms with Gasteiger partial charge in [0.1, 0.15) is 23.2 Å². The maximum Gasteiger partial charge on any atom is 0.265 e. The molecular weight excluding hydrogens is 596 g/mol. The molecule has 3 aromatic rings. The quantitative estimate of drug-likeness (QED) is 0.285. The molecule has 0 radical (unpaired) electrons. The van der Waals surface area contributed by atoms with E-state index in [9.17, 15) is 18.4 Å². The lowest BCUT2D eigenvalue weighted by Crippen LogP contribution is -2.53. The van der Waals surface area contributed by atoms with Crippen LogP contribution in [0, 0.1) is 23.0 Å². The number of carbonyl (C=O) groups is 2. The van der Waals surface area contributed by atoms with Crippen LogP contribution in [-0.4, -0.2) is 77.9 Å². The van der Waals surface area contributed by atoms with Crippen molar-refractivity contribution >= 4 is 29.5 Å². The van der Waals surface area contributed by atoms with Crippen LogP contribution >= 0.6 is 0 Å². The topological polar surface area (TPSA) is 147 Å². The van der Waals surface area contributed by atoms with Gasteiger partial charge in [-0.25, -0.2) is 13.8 Å². The van der Waals surface area contributed by atoms with Gasteiger partial charge in [0.15, 0.2) is 6.61 Å². The standard InChI is InChI=1S/C33H37F2N7O4/c1-18(2)9-25-31(32(37)44)30(23(12-36)33(40-25)39-21-5-7-41(8-6-21)22-15-45-16-22)19-3-4-27-28(10-19)46-17-29(43)42(27)14-26-24(35)11-20(34)13-38-26/h3-4,10-13,18,21-22,36H,5-9,14-17H2,1-2H3,(H2,37,44)(H,39,40). The second kappa shape index (κ2) is 13.1. The number of rotatable bonds is 10. The van der Waals surface area contributed by atoms with Gasteiger partial charge in [-0.1, -0.05) is 19.9 Å². The van der Waals surface area contributed by atoms with E-state index < -0.39 is 23.4 Å². The molecule has 0 atom stereocenters. The summed E-state index contributed by atoms with van der Waals surface area (Å²) in [7, 11) is 0. The summed E-state index contributed by atoms with van der Waals surface area (Å²) in [5.74, 6) is -1.79. The summed E-state index contributed by atoms with van der Waals surface area (Å²) in [5, 5.41) is 12.0. The predicted molar refractivity (Wildman–Crippen MR) is 168 cm³/mol. The lowest BCUT2D eigenvalue weighted by molar-refractivity contribution is -0.121. The van der Waals surface area contributed by atoms with E-state index in [4.69, 9.17) is 25.6 Å². The van der Waals surface area contributed by atoms with Crippen LogP contribution in [0.1, 0.15) is 54.0 Å². The van der Waals surface area contributed by atoms with Crippen LogP contribution in [0.3, 0.4) is 0 Å². The zero-order chi connectivity index (χ0) is 32.5. The van der Waals surface area contributed by atoms with Crippen molar-refractivity contribution in [2.45, 2.75) is 51.7 Å². The first kappa shape index (κ1) is 31.5. The number of ether oxygens (including phenoxy) is 2. The summed E-state index contributed by atoms with van der Waals surface area (Å²) in [6.45, 7) is 6.90. The number of primary amides is 1. The van der Waals surface area contributed by atoms with Gasteiger partial charge in [0.2, 0.25) is 0 Å². The van der Waals surface area contributed by atoms with Crippen LogP contribution in [0.25, 0.3) is 11.1 Å². The molecule has 0 aliphatic carbocycles. The fourth-order valence-electron chi connectivity index (χ4n) is 6.28. The molecule has 3 aliphatic rings. The fourth-order valence-corrected chi connectivity index (χ4v) is 6.28. The van der Waals surface area contributed by atoms with Crippen LogP contribution < -0.4 is 20.7 Å². The van der Waals surface area contributed by atoms with Crippen molar-refractivity contribution in [1.29, 1.82) is 5.41 Å². The van der Waals surface area contributed by atoms with Gasteiger partial charge in [0, 0.05) is 42.5 Å². The van der Waals surface area contributed by atoms with Crippen LogP contribution in [0.4, 0.5) is 20.3 Å². The number of anilines is 2. The second-order valence-corrected chi connectivity index (χ2v) is 12.4. The Morgan fingerprint density at radius 2 is 1.96 bits per heavy atom. The smallest absolute Gasteiger partial charge is 0.265 e. The van der Waals surface area contributed by atoms with Gasteiger partial charge < -0.3 is 25.9 Å². The molecule has 0 bridgehead atoms. The number of hydrogen-bond acceptors (Lipinski definition) is 9. The van der Waals surface area contributed by atoms with E-state index in [0.717, 1.165) is 51.4 Å². The zero-order valence-corrected chi connectivity index (χ0v) is 25.8. The number of amides is 2. The Hall–Kier alpha value is -4.49. The molecule has 0 spiro atoms. The number of hydrogen-bond donors (Lipinski definition) is 3. The number of piperidine rings is 1. The Bertz CT molecular complexity index is 1670. The molecule has 3 aliphatic heterocycles. The number of halogens is 2. The minimum atomic E-state index is -0.864. The average Bonchev–Trinajstić information content (AvgIpc) is 2.98. The highest BCUT2D eigenvalue weighted by atomic mass is 19.1. The molecule has 242 valence electrons. The normalized spacial score (nSPS) is 17.4. The summed E-state index contributed by atoms with van der Waals surface area (Å²) in [4.78, 5) is 38.4. The first-order valence-corrected chi connectivity index (χ1v) is 15.5. The summed E-state index contributed by atoms with van der Waals surface area (Å²) < 4.78 is 39.1. The molecule has 11 nitrogen and oxygen atoms in total. The maximum atomic E-state index is 14.4. The van der Waals surface area contributed by atoms with E-state index in [0.29, 0.717) is 52.1 Å². The first-order valence-electron chi connectivity index (χ1n) is 15.5. The summed E-state index contributed by atoms with van der Waals surface area (Å²) >= 11 is 0. The van der Waals surface area contributed by atoms with Crippen LogP contribution in [0.5, 0.6) is 5.75 Å². The second-order valence-electron chi connectivity index (χ2n) is 12.4. The molecule has 2 saturated heterocycles. The van der Waals surface area contributed by atoms with E-state index in [1.54, 1.807) is 18.2 Å². The number of fused-ring (bicyclic) bond motifs is 1. The highest BCUT2D eigenvalue weighted by Gasteiger charge is 2.32. The molecule has 6 rings (SSSR count). The summed E-state index contributed by atoms with van der Waals surface area (Å²) in [6.07, 6.45) is 4.34. The van der Waals surface area contributed by atoms with Gasteiger partial charge in [-0.05, 0) is 42.9 Å². The van der Waals surface area contributed by atoms with Crippen molar-refractivity contribution in [1.82, 2.24) is 14.9 Å². The number of aromatic nitrogens is 2. The van der Waals surface area contributed by atoms with Crippen LogP contribution in [-0.2, 0) is 22.5 Å². The molecule has 0 unspecified atom stereocenters. The minimum absolute atomic E-state index is 0.0937. The van der Waals surface area contributed by atoms with E-state index in [-0.39, 0.29) is 36.4 Å². The Morgan fingerprint density at radius 1 is 1.20 bits per heavy atom. The number of nitrogens with one attached hydrogen (secondary N) is 2. The molecule has 0 saturated carbocycles. The third-order valence-electron chi connectivity index (χ3n) is 8.69. The Kier molecular flexibility index (Phi) is 8.96. The monoisotopic (exact) mass is 633 g/mol. The number of likely N-dealkylation sites (tertiary alicyclic amines) is 1. The third-order valence-corrected chi connectivity index (χ3v) is 8.69. The van der Waals surface area contributed by atoms with Gasteiger partial charge in [-0.3, -0.25) is 24.4 Å². The van der Waals surface area contributed by atoms with Crippen molar-refractivity contribution in [2.24, 2.45) is 11.7 Å². The Morgan fingerprint density at radius 3 is 2.59 bits per heavy atom. The lowest BCUT2D eigenvalue weighted by atomic mass is 9.90. The van der Waals surface area contributed by atoms with Crippen LogP contribution in [0.15, 0.2) is 30.5 Å². The predicted octanol–water partition coefficient (Wildman–Crippen LogP) is 3.92. The molecule has 46 heavy (non-hydrogen) atoms. The van der Waals surface area contributed by atoms with Crippen molar-refractivity contribution < 1.29 is 27.8 Å². The van der Waals surface area contributed by atoms with Gasteiger partial charge in [-0.2, -0.15) is 0 Å². The Balaban J connectivity index is 1.38. The van der Waals surface area contributed by atoms with E-state index in [1.165, 1.54) is 11.1 Å². The molecular formula is C33H37F2N7O4. The minimum Gasteiger partial charge on any atom is -0.482 e. The van der Waals surface area contributed by atoms with E-state index in [2.05, 4.69) is 15.2 Å². The number of pyridine rings is 2. The molecule has 4 N–H and O–H groups in total. The van der Waals surface area contributed by atoms with Crippen LogP contribution in [0.2, 0.25) is 0 Å². The molecule has 2 fully saturated rings. The molecule has 1 aromatic carbocycles. The zero-order valence-electron chi connectivity index (χ0n) is 25.8. The van der Waals surface area contributed by atoms with E-state index in [1.807, 2.05) is 13.8 Å². The van der Waals surface area contributed by atoms with Gasteiger partial charge in [0.05, 0.1) is 54.6 Å². The first-order chi connectivity index (χ1) is 22.1. The van der Waals surface area contributed by atoms with Crippen molar-refractivity contribution in [2.75, 3.05) is 43.1 Å².